The highest BCUT2D eigenvalue weighted by Crippen LogP contribution is 2.28. The third kappa shape index (κ3) is 2.78. The van der Waals surface area contributed by atoms with Crippen molar-refractivity contribution in [2.24, 2.45) is 0 Å². The molecular formula is C16H12FNO2. The first kappa shape index (κ1) is 13.6. The van der Waals surface area contributed by atoms with Crippen LogP contribution in [0.2, 0.25) is 0 Å². The number of nitrogens with zero attached hydrogens (tertiary/aromatic N) is 1. The first-order valence-corrected chi connectivity index (χ1v) is 5.89. The molecule has 2 rings (SSSR count). The first-order valence-electron chi connectivity index (χ1n) is 5.89. The normalized spacial score (nSPS) is 10.9. The highest BCUT2D eigenvalue weighted by atomic mass is 19.1. The number of phenols is 1. The number of ether oxygens (including phenoxy) is 1. The number of halogens is 1. The average Bonchev–Trinajstić information content (AvgIpc) is 2.47. The van der Waals surface area contributed by atoms with E-state index >= 15 is 0 Å². The lowest BCUT2D eigenvalue weighted by molar-refractivity contribution is 0.373. The highest BCUT2D eigenvalue weighted by molar-refractivity contribution is 5.90. The van der Waals surface area contributed by atoms with Crippen LogP contribution >= 0.6 is 0 Å². The smallest absolute Gasteiger partial charge is 0.161 e. The third-order valence-electron chi connectivity index (χ3n) is 2.80. The van der Waals surface area contributed by atoms with Crippen LogP contribution in [0.15, 0.2) is 42.5 Å². The van der Waals surface area contributed by atoms with E-state index in [1.165, 1.54) is 19.2 Å². The van der Waals surface area contributed by atoms with Crippen LogP contribution in [-0.2, 0) is 0 Å². The van der Waals surface area contributed by atoms with Crippen molar-refractivity contribution in [2.45, 2.75) is 0 Å². The maximum absolute atomic E-state index is 13.7. The van der Waals surface area contributed by atoms with E-state index in [0.29, 0.717) is 11.3 Å². The summed E-state index contributed by atoms with van der Waals surface area (Å²) < 4.78 is 18.7. The second kappa shape index (κ2) is 5.89. The van der Waals surface area contributed by atoms with E-state index in [-0.39, 0.29) is 16.9 Å². The Hall–Kier alpha value is -2.80. The predicted molar refractivity (Wildman–Crippen MR) is 74.5 cm³/mol. The van der Waals surface area contributed by atoms with Gasteiger partial charge in [0.05, 0.1) is 18.8 Å². The molecule has 0 heterocycles. The van der Waals surface area contributed by atoms with Gasteiger partial charge in [0.25, 0.3) is 0 Å². The van der Waals surface area contributed by atoms with E-state index in [1.807, 2.05) is 6.07 Å². The number of methoxy groups -OCH3 is 1. The Morgan fingerprint density at radius 2 is 2.05 bits per heavy atom. The highest BCUT2D eigenvalue weighted by Gasteiger charge is 2.08. The van der Waals surface area contributed by atoms with Crippen LogP contribution in [0.1, 0.15) is 11.1 Å². The number of aromatic hydroxyl groups is 1. The monoisotopic (exact) mass is 269 g/mol. The lowest BCUT2D eigenvalue weighted by atomic mass is 10.0. The van der Waals surface area contributed by atoms with E-state index in [1.54, 1.807) is 36.4 Å². The molecule has 4 heteroatoms. The van der Waals surface area contributed by atoms with E-state index in [2.05, 4.69) is 0 Å². The van der Waals surface area contributed by atoms with Crippen molar-refractivity contribution in [3.63, 3.8) is 0 Å². The third-order valence-corrected chi connectivity index (χ3v) is 2.80. The molecule has 0 aliphatic carbocycles. The van der Waals surface area contributed by atoms with Gasteiger partial charge >= 0.3 is 0 Å². The van der Waals surface area contributed by atoms with Gasteiger partial charge in [-0.25, -0.2) is 4.39 Å². The van der Waals surface area contributed by atoms with Gasteiger partial charge in [-0.2, -0.15) is 5.26 Å². The van der Waals surface area contributed by atoms with E-state index < -0.39 is 5.82 Å². The number of phenolic OH excluding ortho intramolecular Hbond substituents is 1. The quantitative estimate of drug-likeness (QED) is 0.684. The van der Waals surface area contributed by atoms with E-state index in [0.717, 1.165) is 0 Å². The summed E-state index contributed by atoms with van der Waals surface area (Å²) in [5.74, 6) is -0.148. The number of nitriles is 1. The number of allylic oxidation sites excluding steroid dienone is 1. The summed E-state index contributed by atoms with van der Waals surface area (Å²) >= 11 is 0. The van der Waals surface area contributed by atoms with Crippen molar-refractivity contribution in [3.05, 3.63) is 59.4 Å². The molecule has 0 radical (unpaired) electrons. The van der Waals surface area contributed by atoms with Crippen molar-refractivity contribution in [1.29, 1.82) is 5.26 Å². The van der Waals surface area contributed by atoms with Crippen LogP contribution in [0.25, 0.3) is 11.6 Å². The molecule has 0 saturated heterocycles. The lowest BCUT2D eigenvalue weighted by Crippen LogP contribution is -1.88. The number of hydrogen-bond acceptors (Lipinski definition) is 3. The Morgan fingerprint density at radius 1 is 1.30 bits per heavy atom. The maximum atomic E-state index is 13.7. The molecule has 0 unspecified atom stereocenters. The van der Waals surface area contributed by atoms with Crippen LogP contribution in [0.3, 0.4) is 0 Å². The van der Waals surface area contributed by atoms with Gasteiger partial charge < -0.3 is 9.84 Å². The molecule has 0 amide bonds. The molecule has 0 aromatic heterocycles. The summed E-state index contributed by atoms with van der Waals surface area (Å²) in [7, 11) is 1.44. The van der Waals surface area contributed by atoms with Gasteiger partial charge in [-0.05, 0) is 29.8 Å². The Balaban J connectivity index is 2.47. The van der Waals surface area contributed by atoms with Crippen LogP contribution in [0, 0.1) is 17.1 Å². The molecule has 0 fully saturated rings. The van der Waals surface area contributed by atoms with Gasteiger partial charge in [0.2, 0.25) is 0 Å². The van der Waals surface area contributed by atoms with E-state index in [4.69, 9.17) is 4.74 Å². The van der Waals surface area contributed by atoms with Gasteiger partial charge in [0.15, 0.2) is 11.5 Å². The Morgan fingerprint density at radius 3 is 2.70 bits per heavy atom. The van der Waals surface area contributed by atoms with Crippen molar-refractivity contribution >= 4 is 11.6 Å². The first-order chi connectivity index (χ1) is 9.65. The minimum absolute atomic E-state index is 0.00838. The molecule has 100 valence electrons. The molecule has 1 N–H and O–H groups in total. The fourth-order valence-corrected chi connectivity index (χ4v) is 1.80. The SMILES string of the molecule is COc1cc(/C=C(/C#N)c2ccccc2F)ccc1O. The fourth-order valence-electron chi connectivity index (χ4n) is 1.80. The molecule has 0 spiro atoms. The number of hydrogen-bond donors (Lipinski definition) is 1. The van der Waals surface area contributed by atoms with Crippen LogP contribution in [0.5, 0.6) is 11.5 Å². The number of benzene rings is 2. The summed E-state index contributed by atoms with van der Waals surface area (Å²) in [6, 6.07) is 12.7. The summed E-state index contributed by atoms with van der Waals surface area (Å²) in [5.41, 5.74) is 1.08. The molecule has 0 atom stereocenters. The summed E-state index contributed by atoms with van der Waals surface area (Å²) in [5, 5.41) is 18.7. The van der Waals surface area contributed by atoms with Crippen molar-refractivity contribution < 1.29 is 14.2 Å². The zero-order chi connectivity index (χ0) is 14.5. The summed E-state index contributed by atoms with van der Waals surface area (Å²) in [4.78, 5) is 0. The number of rotatable bonds is 3. The van der Waals surface area contributed by atoms with Gasteiger partial charge in [-0.1, -0.05) is 24.3 Å². The lowest BCUT2D eigenvalue weighted by Gasteiger charge is -2.05. The molecule has 2 aromatic carbocycles. The van der Waals surface area contributed by atoms with Gasteiger partial charge in [0, 0.05) is 5.56 Å². The minimum atomic E-state index is -0.453. The minimum Gasteiger partial charge on any atom is -0.504 e. The maximum Gasteiger partial charge on any atom is 0.161 e. The van der Waals surface area contributed by atoms with E-state index in [9.17, 15) is 14.8 Å². The Bertz CT molecular complexity index is 702. The summed E-state index contributed by atoms with van der Waals surface area (Å²) in [6.07, 6.45) is 1.54. The summed E-state index contributed by atoms with van der Waals surface area (Å²) in [6.45, 7) is 0. The fraction of sp³-hybridized carbons (Fsp3) is 0.0625. The average molecular weight is 269 g/mol. The topological polar surface area (TPSA) is 53.2 Å². The van der Waals surface area contributed by atoms with Crippen molar-refractivity contribution in [2.75, 3.05) is 7.11 Å². The zero-order valence-electron chi connectivity index (χ0n) is 10.8. The zero-order valence-corrected chi connectivity index (χ0v) is 10.8. The predicted octanol–water partition coefficient (Wildman–Crippen LogP) is 3.60. The van der Waals surface area contributed by atoms with Gasteiger partial charge in [-0.15, -0.1) is 0 Å². The molecule has 0 aliphatic heterocycles. The van der Waals surface area contributed by atoms with Gasteiger partial charge in [0.1, 0.15) is 5.82 Å². The molecule has 3 nitrogen and oxygen atoms in total. The molecule has 20 heavy (non-hydrogen) atoms. The Kier molecular flexibility index (Phi) is 4.02. The standard InChI is InChI=1S/C16H12FNO2/c1-20-16-9-11(6-7-15(16)19)8-12(10-18)13-4-2-3-5-14(13)17/h2-9,19H,1H3/b12-8-. The molecular weight excluding hydrogens is 257 g/mol. The molecule has 0 saturated carbocycles. The largest absolute Gasteiger partial charge is 0.504 e. The second-order valence-electron chi connectivity index (χ2n) is 4.08. The van der Waals surface area contributed by atoms with Gasteiger partial charge in [-0.3, -0.25) is 0 Å². The molecule has 0 bridgehead atoms. The van der Waals surface area contributed by atoms with Crippen LogP contribution in [0.4, 0.5) is 4.39 Å². The molecule has 0 aliphatic rings. The van der Waals surface area contributed by atoms with Crippen molar-refractivity contribution in [3.8, 4) is 17.6 Å². The van der Waals surface area contributed by atoms with Crippen molar-refractivity contribution in [1.82, 2.24) is 0 Å². The Labute approximate surface area is 116 Å². The van der Waals surface area contributed by atoms with Crippen LogP contribution in [-0.4, -0.2) is 12.2 Å². The molecule has 2 aromatic rings. The second-order valence-corrected chi connectivity index (χ2v) is 4.08. The van der Waals surface area contributed by atoms with Crippen LogP contribution < -0.4 is 4.74 Å².